The minimum atomic E-state index is -5.83. The molecule has 0 aliphatic carbocycles. The third kappa shape index (κ3) is 9.65. The minimum Gasteiger partial charge on any atom is -0.459 e. The Morgan fingerprint density at radius 2 is 1.11 bits per heavy atom. The van der Waals surface area contributed by atoms with Crippen molar-refractivity contribution in [2.45, 2.75) is 154 Å². The molecule has 0 aromatic heterocycles. The van der Waals surface area contributed by atoms with Gasteiger partial charge in [0.2, 0.25) is 0 Å². The van der Waals surface area contributed by atoms with Crippen LogP contribution in [-0.4, -0.2) is 103 Å². The van der Waals surface area contributed by atoms with E-state index in [-0.39, 0.29) is 24.2 Å². The van der Waals surface area contributed by atoms with Gasteiger partial charge in [0.25, 0.3) is 0 Å². The first-order chi connectivity index (χ1) is 24.9. The Bertz CT molecular complexity index is 1450. The van der Waals surface area contributed by atoms with Gasteiger partial charge in [-0.15, -0.1) is 0 Å². The van der Waals surface area contributed by atoms with Crippen LogP contribution in [0.5, 0.6) is 0 Å². The first kappa shape index (κ1) is 49.6. The van der Waals surface area contributed by atoms with Gasteiger partial charge in [0.1, 0.15) is 13.2 Å². The van der Waals surface area contributed by atoms with Crippen molar-refractivity contribution in [3.8, 4) is 0 Å². The number of aliphatic hydroxyl groups is 1. The third-order valence-electron chi connectivity index (χ3n) is 8.71. The summed E-state index contributed by atoms with van der Waals surface area (Å²) >= 11 is 0. The van der Waals surface area contributed by atoms with Gasteiger partial charge in [-0.25, -0.2) is 9.59 Å². The summed E-state index contributed by atoms with van der Waals surface area (Å²) in [6.07, 6.45) is -15.7. The largest absolute Gasteiger partial charge is 0.459 e. The lowest BCUT2D eigenvalue weighted by Crippen LogP contribution is -2.78. The molecule has 0 aromatic rings. The standard InChI is InChI=1S/C20H29F5O6.C15H21F5O5/c1-12(2)14(26)28-11-17(6)18(21,22)19(20(23,24)25,29-13-9-7-8-10-27-13)31-15(30-17)16(3,4)5;1-8(2)9(21)23-7-12(6)13(16,17)14(22,15(18,19)20)25-10(24-12)11(3,4)5/h13,15H,1,7-11H2,2-6H3;10,22H,1,7H2,2-6H3. The van der Waals surface area contributed by atoms with Gasteiger partial charge in [0.15, 0.2) is 30.1 Å². The second-order valence-electron chi connectivity index (χ2n) is 16.4. The highest BCUT2D eigenvalue weighted by atomic mass is 19.4. The predicted octanol–water partition coefficient (Wildman–Crippen LogP) is 7.89. The van der Waals surface area contributed by atoms with Gasteiger partial charge >= 0.3 is 47.7 Å². The van der Waals surface area contributed by atoms with Crippen LogP contribution < -0.4 is 0 Å². The van der Waals surface area contributed by atoms with E-state index < -0.39 is 102 Å². The number of ether oxygens (including phenoxy) is 8. The minimum absolute atomic E-state index is 0.0142. The Morgan fingerprint density at radius 3 is 1.45 bits per heavy atom. The maximum absolute atomic E-state index is 15.7. The van der Waals surface area contributed by atoms with E-state index in [1.54, 1.807) is 0 Å². The van der Waals surface area contributed by atoms with E-state index in [2.05, 4.69) is 22.6 Å². The predicted molar refractivity (Wildman–Crippen MR) is 174 cm³/mol. The number of halogens is 10. The molecular formula is C35H50F10O11. The van der Waals surface area contributed by atoms with Crippen LogP contribution in [0.25, 0.3) is 0 Å². The fourth-order valence-electron chi connectivity index (χ4n) is 5.09. The summed E-state index contributed by atoms with van der Waals surface area (Å²) in [5, 5.41) is 9.74. The summed E-state index contributed by atoms with van der Waals surface area (Å²) < 4.78 is 182. The van der Waals surface area contributed by atoms with Crippen LogP contribution in [0.4, 0.5) is 43.9 Å². The average Bonchev–Trinajstić information content (AvgIpc) is 3.02. The second kappa shape index (κ2) is 16.2. The SMILES string of the molecule is C=C(C)C(=O)OCC1(C)OC(C(C)(C)C)OC(O)(C(F)(F)F)C1(F)F.C=C(C)C(=O)OCC1(C)OC(C(C)(C)C)OC(OC2CCCCO2)(C(F)(F)F)C1(F)F. The van der Waals surface area contributed by atoms with Crippen molar-refractivity contribution in [1.29, 1.82) is 0 Å². The first-order valence-corrected chi connectivity index (χ1v) is 17.1. The van der Waals surface area contributed by atoms with E-state index in [9.17, 15) is 49.8 Å². The molecule has 3 fully saturated rings. The lowest BCUT2D eigenvalue weighted by atomic mass is 9.85. The molecule has 56 heavy (non-hydrogen) atoms. The van der Waals surface area contributed by atoms with Crippen molar-refractivity contribution < 1.29 is 96.5 Å². The molecule has 3 saturated heterocycles. The Balaban J connectivity index is 0.000000396. The van der Waals surface area contributed by atoms with Crippen LogP contribution in [0.3, 0.4) is 0 Å². The molecule has 3 heterocycles. The fourth-order valence-corrected chi connectivity index (χ4v) is 5.09. The Morgan fingerprint density at radius 1 is 0.696 bits per heavy atom. The second-order valence-corrected chi connectivity index (χ2v) is 16.4. The summed E-state index contributed by atoms with van der Waals surface area (Å²) in [7, 11) is 0. The van der Waals surface area contributed by atoms with Gasteiger partial charge < -0.3 is 43.0 Å². The number of carbonyl (C=O) groups is 2. The molecular weight excluding hydrogens is 786 g/mol. The third-order valence-corrected chi connectivity index (χ3v) is 8.71. The summed E-state index contributed by atoms with van der Waals surface area (Å²) in [5.74, 6) is -21.1. The molecule has 3 aliphatic heterocycles. The summed E-state index contributed by atoms with van der Waals surface area (Å²) in [4.78, 5) is 23.2. The highest BCUT2D eigenvalue weighted by molar-refractivity contribution is 5.87. The number of carbonyl (C=O) groups excluding carboxylic acids is 2. The van der Waals surface area contributed by atoms with Crippen LogP contribution in [0.2, 0.25) is 0 Å². The highest BCUT2D eigenvalue weighted by Crippen LogP contribution is 2.58. The van der Waals surface area contributed by atoms with Gasteiger partial charge in [0, 0.05) is 28.6 Å². The smallest absolute Gasteiger partial charge is 0.450 e. The van der Waals surface area contributed by atoms with E-state index in [0.717, 1.165) is 6.92 Å². The number of hydrogen-bond acceptors (Lipinski definition) is 11. The van der Waals surface area contributed by atoms with E-state index in [0.29, 0.717) is 19.8 Å². The van der Waals surface area contributed by atoms with Gasteiger partial charge in [-0.05, 0) is 47.0 Å². The fraction of sp³-hybridized carbons (Fsp3) is 0.829. The Hall–Kier alpha value is -2.56. The first-order valence-electron chi connectivity index (χ1n) is 17.1. The zero-order chi connectivity index (χ0) is 43.9. The molecule has 21 heteroatoms. The van der Waals surface area contributed by atoms with Crippen LogP contribution >= 0.6 is 0 Å². The van der Waals surface area contributed by atoms with Crippen molar-refractivity contribution in [3.05, 3.63) is 24.3 Å². The number of alkyl halides is 10. The molecule has 0 saturated carbocycles. The Kier molecular flexibility index (Phi) is 14.4. The molecule has 7 unspecified atom stereocenters. The van der Waals surface area contributed by atoms with Crippen molar-refractivity contribution >= 4 is 11.9 Å². The van der Waals surface area contributed by atoms with E-state index in [1.165, 1.54) is 55.4 Å². The molecule has 0 aromatic carbocycles. The number of esters is 2. The molecule has 326 valence electrons. The number of rotatable bonds is 8. The van der Waals surface area contributed by atoms with Crippen LogP contribution in [-0.2, 0) is 47.5 Å². The molecule has 0 amide bonds. The van der Waals surface area contributed by atoms with E-state index in [1.807, 2.05) is 0 Å². The summed E-state index contributed by atoms with van der Waals surface area (Å²) in [6, 6.07) is 0. The lowest BCUT2D eigenvalue weighted by Gasteiger charge is -2.56. The van der Waals surface area contributed by atoms with Crippen molar-refractivity contribution in [2.75, 3.05) is 19.8 Å². The van der Waals surface area contributed by atoms with Crippen molar-refractivity contribution in [1.82, 2.24) is 0 Å². The van der Waals surface area contributed by atoms with E-state index >= 15 is 8.78 Å². The molecule has 7 atom stereocenters. The average molecular weight is 837 g/mol. The zero-order valence-electron chi connectivity index (χ0n) is 32.7. The maximum atomic E-state index is 15.7. The maximum Gasteiger partial charge on any atom is 0.450 e. The van der Waals surface area contributed by atoms with Gasteiger partial charge in [-0.2, -0.15) is 43.9 Å². The quantitative estimate of drug-likeness (QED) is 0.146. The van der Waals surface area contributed by atoms with Gasteiger partial charge in [0.05, 0.1) is 0 Å². The van der Waals surface area contributed by atoms with Gasteiger partial charge in [-0.1, -0.05) is 54.7 Å². The zero-order valence-corrected chi connectivity index (χ0v) is 32.7. The molecule has 11 nitrogen and oxygen atoms in total. The molecule has 1 N–H and O–H groups in total. The molecule has 3 aliphatic rings. The highest BCUT2D eigenvalue weighted by Gasteiger charge is 2.84. The molecule has 0 radical (unpaired) electrons. The van der Waals surface area contributed by atoms with E-state index in [4.69, 9.17) is 28.4 Å². The molecule has 0 spiro atoms. The van der Waals surface area contributed by atoms with Crippen LogP contribution in [0, 0.1) is 10.8 Å². The van der Waals surface area contributed by atoms with Crippen LogP contribution in [0.15, 0.2) is 24.3 Å². The summed E-state index contributed by atoms with van der Waals surface area (Å²) in [6.45, 7) is 16.5. The normalized spacial score (nSPS) is 33.7. The lowest BCUT2D eigenvalue weighted by molar-refractivity contribution is -0.551. The topological polar surface area (TPSA) is 128 Å². The molecule has 3 rings (SSSR count). The molecule has 0 bridgehead atoms. The van der Waals surface area contributed by atoms with Gasteiger partial charge in [-0.3, -0.25) is 0 Å². The monoisotopic (exact) mass is 836 g/mol. The number of hydrogen-bond donors (Lipinski definition) is 1. The Labute approximate surface area is 317 Å². The van der Waals surface area contributed by atoms with Crippen molar-refractivity contribution in [3.63, 3.8) is 0 Å². The van der Waals surface area contributed by atoms with Crippen LogP contribution in [0.1, 0.15) is 88.5 Å². The summed E-state index contributed by atoms with van der Waals surface area (Å²) in [5.41, 5.74) is -8.55. The van der Waals surface area contributed by atoms with Crippen molar-refractivity contribution in [2.24, 2.45) is 10.8 Å².